The molecule has 0 unspecified atom stereocenters. The molecule has 0 spiro atoms. The topological polar surface area (TPSA) is 84.9 Å². The Balaban J connectivity index is 1.33. The Kier molecular flexibility index (Phi) is 5.70. The lowest BCUT2D eigenvalue weighted by molar-refractivity contribution is -0.00126. The summed E-state index contributed by atoms with van der Waals surface area (Å²) in [6.07, 6.45) is 7.97. The van der Waals surface area contributed by atoms with Crippen molar-refractivity contribution in [2.75, 3.05) is 39.1 Å². The summed E-state index contributed by atoms with van der Waals surface area (Å²) in [7, 11) is -3.23. The summed E-state index contributed by atoms with van der Waals surface area (Å²) in [4.78, 5) is 13.5. The second kappa shape index (κ2) is 8.31. The second-order valence-corrected chi connectivity index (χ2v) is 11.5. The van der Waals surface area contributed by atoms with E-state index in [0.29, 0.717) is 31.4 Å². The maximum Gasteiger partial charge on any atom is 0.225 e. The minimum Gasteiger partial charge on any atom is -0.474 e. The molecule has 1 saturated heterocycles. The van der Waals surface area contributed by atoms with Crippen molar-refractivity contribution < 1.29 is 17.9 Å². The first-order chi connectivity index (χ1) is 14.5. The van der Waals surface area contributed by atoms with Gasteiger partial charge in [0.25, 0.3) is 0 Å². The average molecular weight is 453 g/mol. The van der Waals surface area contributed by atoms with E-state index in [1.165, 1.54) is 15.4 Å². The van der Waals surface area contributed by atoms with Crippen LogP contribution in [0, 0.1) is 0 Å². The molecule has 2 fully saturated rings. The van der Waals surface area contributed by atoms with E-state index in [0.717, 1.165) is 67.8 Å². The van der Waals surface area contributed by atoms with Crippen molar-refractivity contribution in [1.29, 1.82) is 0 Å². The van der Waals surface area contributed by atoms with Gasteiger partial charge in [0.1, 0.15) is 17.3 Å². The largest absolute Gasteiger partial charge is 0.474 e. The number of sulfonamides is 1. The fraction of sp³-hybridized carbons (Fsp3) is 0.700. The lowest BCUT2D eigenvalue weighted by Crippen LogP contribution is -2.46. The molecule has 2 aliphatic heterocycles. The highest BCUT2D eigenvalue weighted by atomic mass is 32.2. The van der Waals surface area contributed by atoms with Crippen molar-refractivity contribution in [3.8, 4) is 5.88 Å². The molecule has 30 heavy (non-hydrogen) atoms. The molecule has 10 heteroatoms. The highest BCUT2D eigenvalue weighted by Gasteiger charge is 2.31. The third-order valence-electron chi connectivity index (χ3n) is 6.51. The van der Waals surface area contributed by atoms with Gasteiger partial charge in [-0.2, -0.15) is 4.31 Å². The Labute approximate surface area is 181 Å². The van der Waals surface area contributed by atoms with Crippen LogP contribution in [-0.2, 0) is 27.7 Å². The van der Waals surface area contributed by atoms with E-state index >= 15 is 0 Å². The van der Waals surface area contributed by atoms with E-state index in [4.69, 9.17) is 9.47 Å². The number of ether oxygens (including phenoxy) is 2. The van der Waals surface area contributed by atoms with Gasteiger partial charge in [-0.3, -0.25) is 4.90 Å². The van der Waals surface area contributed by atoms with E-state index in [9.17, 15) is 8.42 Å². The van der Waals surface area contributed by atoms with Gasteiger partial charge in [-0.25, -0.2) is 18.4 Å². The van der Waals surface area contributed by atoms with Crippen LogP contribution in [0.25, 0.3) is 10.2 Å². The third kappa shape index (κ3) is 4.08. The van der Waals surface area contributed by atoms with Crippen molar-refractivity contribution in [2.45, 2.75) is 50.8 Å². The van der Waals surface area contributed by atoms with Crippen LogP contribution in [0.4, 0.5) is 0 Å². The number of thiophene rings is 1. The van der Waals surface area contributed by atoms with Crippen LogP contribution in [0.1, 0.15) is 36.1 Å². The number of rotatable bonds is 4. The quantitative estimate of drug-likeness (QED) is 0.702. The van der Waals surface area contributed by atoms with Crippen molar-refractivity contribution in [3.05, 3.63) is 16.8 Å². The minimum atomic E-state index is -3.23. The van der Waals surface area contributed by atoms with Crippen molar-refractivity contribution in [2.24, 2.45) is 0 Å². The first-order valence-electron chi connectivity index (χ1n) is 10.7. The summed E-state index contributed by atoms with van der Waals surface area (Å²) in [6.45, 7) is 4.63. The monoisotopic (exact) mass is 452 g/mol. The molecule has 0 aromatic carbocycles. The molecule has 0 N–H and O–H groups in total. The first kappa shape index (κ1) is 20.6. The Morgan fingerprint density at radius 2 is 1.90 bits per heavy atom. The SMILES string of the molecule is CS(=O)(=O)N1CCc2sc3ncnc(OC4CCC(N5CCOCC5)CC4)c3c2C1. The summed E-state index contributed by atoms with van der Waals surface area (Å²) in [5.41, 5.74) is 1.02. The van der Waals surface area contributed by atoms with Gasteiger partial charge in [0.2, 0.25) is 15.9 Å². The molecule has 0 radical (unpaired) electrons. The predicted octanol–water partition coefficient (Wildman–Crippen LogP) is 2.03. The van der Waals surface area contributed by atoms with Crippen LogP contribution >= 0.6 is 11.3 Å². The van der Waals surface area contributed by atoms with Gasteiger partial charge < -0.3 is 9.47 Å². The molecule has 0 amide bonds. The predicted molar refractivity (Wildman–Crippen MR) is 115 cm³/mol. The van der Waals surface area contributed by atoms with Gasteiger partial charge in [-0.15, -0.1) is 11.3 Å². The van der Waals surface area contributed by atoms with Crippen molar-refractivity contribution in [1.82, 2.24) is 19.2 Å². The van der Waals surface area contributed by atoms with E-state index in [-0.39, 0.29) is 6.10 Å². The fourth-order valence-electron chi connectivity index (χ4n) is 4.86. The highest BCUT2D eigenvalue weighted by molar-refractivity contribution is 7.88. The van der Waals surface area contributed by atoms with Crippen LogP contribution in [0.5, 0.6) is 5.88 Å². The highest BCUT2D eigenvalue weighted by Crippen LogP contribution is 2.39. The molecule has 0 atom stereocenters. The number of fused-ring (bicyclic) bond motifs is 3. The third-order valence-corrected chi connectivity index (χ3v) is 8.96. The molecule has 1 aliphatic carbocycles. The zero-order valence-electron chi connectivity index (χ0n) is 17.2. The van der Waals surface area contributed by atoms with Crippen LogP contribution in [-0.4, -0.2) is 78.8 Å². The molecule has 1 saturated carbocycles. The Morgan fingerprint density at radius 3 is 2.63 bits per heavy atom. The van der Waals surface area contributed by atoms with Crippen LogP contribution in [0.2, 0.25) is 0 Å². The summed E-state index contributed by atoms with van der Waals surface area (Å²) in [5.74, 6) is 0.614. The van der Waals surface area contributed by atoms with E-state index in [1.54, 1.807) is 17.7 Å². The van der Waals surface area contributed by atoms with E-state index < -0.39 is 10.0 Å². The molecule has 3 aliphatic rings. The van der Waals surface area contributed by atoms with Gasteiger partial charge in [-0.05, 0) is 37.7 Å². The van der Waals surface area contributed by atoms with Gasteiger partial charge in [0, 0.05) is 37.1 Å². The summed E-state index contributed by atoms with van der Waals surface area (Å²) in [5, 5.41) is 0.904. The Bertz CT molecular complexity index is 1010. The molecule has 0 bridgehead atoms. The number of hydrogen-bond acceptors (Lipinski definition) is 8. The number of aromatic nitrogens is 2. The standard InChI is InChI=1S/C20H28N4O4S2/c1-30(25,26)24-7-6-17-16(12-24)18-19(21-13-22-20(18)29-17)28-15-4-2-14(3-5-15)23-8-10-27-11-9-23/h13-15H,2-12H2,1H3. The lowest BCUT2D eigenvalue weighted by atomic mass is 9.91. The molecule has 4 heterocycles. The number of hydrogen-bond donors (Lipinski definition) is 0. The lowest BCUT2D eigenvalue weighted by Gasteiger charge is -2.38. The van der Waals surface area contributed by atoms with Gasteiger partial charge in [0.15, 0.2) is 0 Å². The molecular weight excluding hydrogens is 424 g/mol. The molecule has 2 aromatic rings. The molecule has 2 aromatic heterocycles. The molecular formula is C20H28N4O4S2. The summed E-state index contributed by atoms with van der Waals surface area (Å²) < 4.78 is 37.5. The smallest absolute Gasteiger partial charge is 0.225 e. The maximum atomic E-state index is 12.1. The van der Waals surface area contributed by atoms with Crippen LogP contribution < -0.4 is 4.74 Å². The molecule has 164 valence electrons. The average Bonchev–Trinajstić information content (AvgIpc) is 3.13. The fourth-order valence-corrected chi connectivity index (χ4v) is 6.78. The van der Waals surface area contributed by atoms with E-state index in [2.05, 4.69) is 14.9 Å². The van der Waals surface area contributed by atoms with Gasteiger partial charge in [-0.1, -0.05) is 0 Å². The van der Waals surface area contributed by atoms with Crippen molar-refractivity contribution >= 4 is 31.6 Å². The normalized spacial score (nSPS) is 26.6. The number of morpholine rings is 1. The summed E-state index contributed by atoms with van der Waals surface area (Å²) >= 11 is 1.64. The zero-order chi connectivity index (χ0) is 20.7. The Hall–Kier alpha value is -1.33. The summed E-state index contributed by atoms with van der Waals surface area (Å²) in [6, 6.07) is 0.622. The molecule has 8 nitrogen and oxygen atoms in total. The Morgan fingerprint density at radius 1 is 1.13 bits per heavy atom. The van der Waals surface area contributed by atoms with Crippen molar-refractivity contribution in [3.63, 3.8) is 0 Å². The second-order valence-electron chi connectivity index (χ2n) is 8.41. The van der Waals surface area contributed by atoms with Crippen LogP contribution in [0.15, 0.2) is 6.33 Å². The maximum absolute atomic E-state index is 12.1. The van der Waals surface area contributed by atoms with Gasteiger partial charge >= 0.3 is 0 Å². The minimum absolute atomic E-state index is 0.144. The first-order valence-corrected chi connectivity index (χ1v) is 13.3. The molecule has 5 rings (SSSR count). The van der Waals surface area contributed by atoms with Gasteiger partial charge in [0.05, 0.1) is 24.9 Å². The van der Waals surface area contributed by atoms with E-state index in [1.807, 2.05) is 0 Å². The number of nitrogens with zero attached hydrogens (tertiary/aromatic N) is 4. The van der Waals surface area contributed by atoms with Crippen LogP contribution in [0.3, 0.4) is 0 Å². The zero-order valence-corrected chi connectivity index (χ0v) is 18.9.